The van der Waals surface area contributed by atoms with Crippen molar-refractivity contribution in [3.05, 3.63) is 35.6 Å². The van der Waals surface area contributed by atoms with E-state index in [2.05, 4.69) is 5.32 Å². The van der Waals surface area contributed by atoms with Gasteiger partial charge in [-0.05, 0) is 37.9 Å². The summed E-state index contributed by atoms with van der Waals surface area (Å²) in [6, 6.07) is 7.14. The molecule has 2 heteroatoms. The van der Waals surface area contributed by atoms with E-state index in [9.17, 15) is 4.39 Å². The molecule has 1 fully saturated rings. The lowest BCUT2D eigenvalue weighted by molar-refractivity contribution is 0.242. The lowest BCUT2D eigenvalue weighted by Gasteiger charge is -2.37. The van der Waals surface area contributed by atoms with Gasteiger partial charge in [-0.15, -0.1) is 0 Å². The zero-order valence-electron chi connectivity index (χ0n) is 9.93. The van der Waals surface area contributed by atoms with E-state index in [4.69, 9.17) is 0 Å². The summed E-state index contributed by atoms with van der Waals surface area (Å²) >= 11 is 0. The number of halogens is 1. The first-order valence-electron chi connectivity index (χ1n) is 6.18. The highest BCUT2D eigenvalue weighted by molar-refractivity contribution is 5.20. The van der Waals surface area contributed by atoms with Crippen LogP contribution in [-0.2, 0) is 6.42 Å². The van der Waals surface area contributed by atoms with Crippen molar-refractivity contribution in [2.45, 2.75) is 44.1 Å². The van der Waals surface area contributed by atoms with Gasteiger partial charge < -0.3 is 5.32 Å². The molecule has 1 saturated carbocycles. The van der Waals surface area contributed by atoms with Gasteiger partial charge in [0.25, 0.3) is 0 Å². The molecule has 0 aliphatic heterocycles. The summed E-state index contributed by atoms with van der Waals surface area (Å²) in [6.07, 6.45) is 6.98. The molecule has 1 aliphatic rings. The Hall–Kier alpha value is -0.890. The zero-order valence-corrected chi connectivity index (χ0v) is 9.93. The van der Waals surface area contributed by atoms with Crippen LogP contribution in [0.3, 0.4) is 0 Å². The van der Waals surface area contributed by atoms with Gasteiger partial charge in [-0.3, -0.25) is 0 Å². The third kappa shape index (κ3) is 2.43. The molecule has 0 atom stereocenters. The van der Waals surface area contributed by atoms with E-state index in [1.165, 1.54) is 19.3 Å². The van der Waals surface area contributed by atoms with Crippen LogP contribution in [0.4, 0.5) is 4.39 Å². The van der Waals surface area contributed by atoms with E-state index in [0.717, 1.165) is 24.8 Å². The van der Waals surface area contributed by atoms with Crippen molar-refractivity contribution in [1.29, 1.82) is 0 Å². The van der Waals surface area contributed by atoms with E-state index in [-0.39, 0.29) is 11.4 Å². The maximum absolute atomic E-state index is 13.6. The molecule has 16 heavy (non-hydrogen) atoms. The van der Waals surface area contributed by atoms with E-state index in [0.29, 0.717) is 0 Å². The molecule has 0 spiro atoms. The molecule has 1 nitrogen and oxygen atoms in total. The third-order valence-corrected chi connectivity index (χ3v) is 3.83. The van der Waals surface area contributed by atoms with E-state index in [1.807, 2.05) is 19.2 Å². The van der Waals surface area contributed by atoms with Gasteiger partial charge in [-0.2, -0.15) is 0 Å². The van der Waals surface area contributed by atoms with Crippen LogP contribution < -0.4 is 5.32 Å². The molecule has 1 aromatic carbocycles. The maximum Gasteiger partial charge on any atom is 0.126 e. The van der Waals surface area contributed by atoms with Gasteiger partial charge in [0, 0.05) is 5.54 Å². The minimum absolute atomic E-state index is 0.0669. The molecule has 1 aromatic rings. The van der Waals surface area contributed by atoms with Crippen molar-refractivity contribution in [3.8, 4) is 0 Å². The van der Waals surface area contributed by atoms with E-state index in [1.54, 1.807) is 12.1 Å². The van der Waals surface area contributed by atoms with Gasteiger partial charge in [0.2, 0.25) is 0 Å². The Morgan fingerprint density at radius 3 is 2.50 bits per heavy atom. The summed E-state index contributed by atoms with van der Waals surface area (Å²) in [6.45, 7) is 0. The van der Waals surface area contributed by atoms with Crippen LogP contribution in [0.15, 0.2) is 24.3 Å². The summed E-state index contributed by atoms with van der Waals surface area (Å²) in [5.41, 5.74) is 0.972. The smallest absolute Gasteiger partial charge is 0.126 e. The Balaban J connectivity index is 2.15. The van der Waals surface area contributed by atoms with Gasteiger partial charge in [0.05, 0.1) is 0 Å². The van der Waals surface area contributed by atoms with Gasteiger partial charge >= 0.3 is 0 Å². The van der Waals surface area contributed by atoms with Crippen LogP contribution in [0.25, 0.3) is 0 Å². The molecule has 0 heterocycles. The maximum atomic E-state index is 13.6. The Morgan fingerprint density at radius 2 is 1.88 bits per heavy atom. The molecule has 0 radical (unpaired) electrons. The number of rotatable bonds is 3. The van der Waals surface area contributed by atoms with Crippen molar-refractivity contribution in [2.75, 3.05) is 7.05 Å². The van der Waals surface area contributed by atoms with Gasteiger partial charge in [0.15, 0.2) is 0 Å². The van der Waals surface area contributed by atoms with Crippen LogP contribution in [0.2, 0.25) is 0 Å². The van der Waals surface area contributed by atoms with E-state index < -0.39 is 0 Å². The summed E-state index contributed by atoms with van der Waals surface area (Å²) < 4.78 is 13.6. The van der Waals surface area contributed by atoms with Crippen LogP contribution in [-0.4, -0.2) is 12.6 Å². The molecule has 0 saturated heterocycles. The average Bonchev–Trinajstić information content (AvgIpc) is 2.33. The van der Waals surface area contributed by atoms with Crippen LogP contribution in [0, 0.1) is 5.82 Å². The molecule has 1 aliphatic carbocycles. The highest BCUT2D eigenvalue weighted by atomic mass is 19.1. The lowest BCUT2D eigenvalue weighted by atomic mass is 9.77. The van der Waals surface area contributed by atoms with Crippen molar-refractivity contribution >= 4 is 0 Å². The highest BCUT2D eigenvalue weighted by Gasteiger charge is 2.30. The minimum Gasteiger partial charge on any atom is -0.314 e. The first-order chi connectivity index (χ1) is 7.76. The third-order valence-electron chi connectivity index (χ3n) is 3.83. The molecule has 2 rings (SSSR count). The fourth-order valence-corrected chi connectivity index (χ4v) is 2.75. The largest absolute Gasteiger partial charge is 0.314 e. The molecule has 0 bridgehead atoms. The summed E-state index contributed by atoms with van der Waals surface area (Å²) in [4.78, 5) is 0. The molecule has 0 amide bonds. The van der Waals surface area contributed by atoms with E-state index >= 15 is 0 Å². The number of nitrogens with one attached hydrogen (secondary N) is 1. The normalized spacial score (nSPS) is 19.6. The Morgan fingerprint density at radius 1 is 1.19 bits per heavy atom. The highest BCUT2D eigenvalue weighted by Crippen LogP contribution is 2.31. The fraction of sp³-hybridized carbons (Fsp3) is 0.571. The quantitative estimate of drug-likeness (QED) is 0.826. The monoisotopic (exact) mass is 221 g/mol. The molecule has 0 aromatic heterocycles. The molecular formula is C14H20FN. The first kappa shape index (κ1) is 11.6. The molecule has 1 N–H and O–H groups in total. The van der Waals surface area contributed by atoms with Gasteiger partial charge in [-0.25, -0.2) is 4.39 Å². The lowest BCUT2D eigenvalue weighted by Crippen LogP contribution is -2.46. The predicted molar refractivity (Wildman–Crippen MR) is 65.0 cm³/mol. The predicted octanol–water partition coefficient (Wildman–Crippen LogP) is 3.29. The van der Waals surface area contributed by atoms with Crippen molar-refractivity contribution in [3.63, 3.8) is 0 Å². The summed E-state index contributed by atoms with van der Waals surface area (Å²) in [7, 11) is 2.01. The molecule has 0 unspecified atom stereocenters. The van der Waals surface area contributed by atoms with Gasteiger partial charge in [-0.1, -0.05) is 37.5 Å². The van der Waals surface area contributed by atoms with Crippen molar-refractivity contribution in [2.24, 2.45) is 0 Å². The number of hydrogen-bond acceptors (Lipinski definition) is 1. The van der Waals surface area contributed by atoms with Crippen LogP contribution >= 0.6 is 0 Å². The number of likely N-dealkylation sites (N-methyl/N-ethyl adjacent to an activating group) is 1. The SMILES string of the molecule is CNC1(Cc2ccccc2F)CCCCC1. The second-order valence-electron chi connectivity index (χ2n) is 4.86. The topological polar surface area (TPSA) is 12.0 Å². The average molecular weight is 221 g/mol. The molecule has 88 valence electrons. The Kier molecular flexibility index (Phi) is 3.59. The number of hydrogen-bond donors (Lipinski definition) is 1. The van der Waals surface area contributed by atoms with Crippen molar-refractivity contribution < 1.29 is 4.39 Å². The van der Waals surface area contributed by atoms with Crippen LogP contribution in [0.5, 0.6) is 0 Å². The summed E-state index contributed by atoms with van der Waals surface area (Å²) in [5.74, 6) is -0.0669. The Bertz CT molecular complexity index is 342. The van der Waals surface area contributed by atoms with Gasteiger partial charge in [0.1, 0.15) is 5.82 Å². The Labute approximate surface area is 97.1 Å². The zero-order chi connectivity index (χ0) is 11.4. The molecular weight excluding hydrogens is 201 g/mol. The van der Waals surface area contributed by atoms with Crippen LogP contribution in [0.1, 0.15) is 37.7 Å². The van der Waals surface area contributed by atoms with Crippen molar-refractivity contribution in [1.82, 2.24) is 5.32 Å². The standard InChI is InChI=1S/C14H20FN/c1-16-14(9-5-2-6-10-14)11-12-7-3-4-8-13(12)15/h3-4,7-8,16H,2,5-6,9-11H2,1H3. The summed E-state index contributed by atoms with van der Waals surface area (Å²) in [5, 5.41) is 3.43. The fourth-order valence-electron chi connectivity index (χ4n) is 2.75. The number of benzene rings is 1. The minimum atomic E-state index is -0.0669. The second-order valence-corrected chi connectivity index (χ2v) is 4.86. The second kappa shape index (κ2) is 4.96. The first-order valence-corrected chi connectivity index (χ1v) is 6.18.